The maximum Gasteiger partial charge on any atom is 0.255 e. The Bertz CT molecular complexity index is 659. The number of benzene rings is 1. The SMILES string of the molecule is CCC1=CCC(Br)=CC(C(=O)Nc2ccc(Cl)cc2C)=C1. The molecule has 21 heavy (non-hydrogen) atoms. The third kappa shape index (κ3) is 4.32. The average molecular weight is 367 g/mol. The molecule has 110 valence electrons. The highest BCUT2D eigenvalue weighted by Gasteiger charge is 2.12. The minimum atomic E-state index is -0.112. The molecule has 0 heterocycles. The van der Waals surface area contributed by atoms with Crippen LogP contribution in [-0.4, -0.2) is 5.91 Å². The summed E-state index contributed by atoms with van der Waals surface area (Å²) in [6, 6.07) is 5.43. The van der Waals surface area contributed by atoms with Gasteiger partial charge in [-0.3, -0.25) is 4.79 Å². The summed E-state index contributed by atoms with van der Waals surface area (Å²) in [5.41, 5.74) is 3.54. The Morgan fingerprint density at radius 2 is 2.14 bits per heavy atom. The second-order valence-electron chi connectivity index (χ2n) is 4.94. The number of carbonyl (C=O) groups excluding carboxylic acids is 1. The van der Waals surface area contributed by atoms with Gasteiger partial charge in [0.25, 0.3) is 5.91 Å². The third-order valence-corrected chi connectivity index (χ3v) is 4.11. The fourth-order valence-corrected chi connectivity index (χ4v) is 2.73. The van der Waals surface area contributed by atoms with E-state index in [1.54, 1.807) is 6.07 Å². The first-order chi connectivity index (χ1) is 9.99. The molecule has 0 aromatic heterocycles. The summed E-state index contributed by atoms with van der Waals surface area (Å²) in [5, 5.41) is 3.61. The van der Waals surface area contributed by atoms with Crippen molar-refractivity contribution in [2.24, 2.45) is 0 Å². The topological polar surface area (TPSA) is 29.1 Å². The van der Waals surface area contributed by atoms with E-state index in [0.717, 1.165) is 28.6 Å². The van der Waals surface area contributed by atoms with Gasteiger partial charge in [-0.05, 0) is 60.2 Å². The van der Waals surface area contributed by atoms with Crippen molar-refractivity contribution in [2.75, 3.05) is 5.32 Å². The zero-order chi connectivity index (χ0) is 15.4. The highest BCUT2D eigenvalue weighted by atomic mass is 79.9. The molecule has 0 atom stereocenters. The molecule has 0 unspecified atom stereocenters. The van der Waals surface area contributed by atoms with Crippen LogP contribution in [0, 0.1) is 6.92 Å². The van der Waals surface area contributed by atoms with Crippen molar-refractivity contribution in [2.45, 2.75) is 26.7 Å². The number of amides is 1. The summed E-state index contributed by atoms with van der Waals surface area (Å²) in [4.78, 5) is 12.5. The molecular formula is C17H17BrClNO. The number of halogens is 2. The number of hydrogen-bond donors (Lipinski definition) is 1. The molecule has 0 saturated carbocycles. The molecule has 1 N–H and O–H groups in total. The van der Waals surface area contributed by atoms with E-state index in [1.165, 1.54) is 5.57 Å². The summed E-state index contributed by atoms with van der Waals surface area (Å²) < 4.78 is 1.00. The van der Waals surface area contributed by atoms with E-state index in [1.807, 2.05) is 31.2 Å². The Morgan fingerprint density at radius 3 is 2.81 bits per heavy atom. The molecular weight excluding hydrogens is 350 g/mol. The lowest BCUT2D eigenvalue weighted by molar-refractivity contribution is -0.112. The van der Waals surface area contributed by atoms with Gasteiger partial charge < -0.3 is 5.32 Å². The number of anilines is 1. The van der Waals surface area contributed by atoms with Gasteiger partial charge in [0.1, 0.15) is 0 Å². The van der Waals surface area contributed by atoms with Gasteiger partial charge in [-0.15, -0.1) is 0 Å². The van der Waals surface area contributed by atoms with Crippen LogP contribution in [0.1, 0.15) is 25.3 Å². The highest BCUT2D eigenvalue weighted by molar-refractivity contribution is 9.11. The molecule has 0 fully saturated rings. The monoisotopic (exact) mass is 365 g/mol. The fraction of sp³-hybridized carbons (Fsp3) is 0.235. The minimum Gasteiger partial charge on any atom is -0.322 e. The largest absolute Gasteiger partial charge is 0.322 e. The minimum absolute atomic E-state index is 0.112. The standard InChI is InChI=1S/C17H17BrClNO/c1-3-12-4-5-14(18)10-13(9-12)17(21)20-16-7-6-15(19)8-11(16)2/h4,6-10H,3,5H2,1-2H3,(H,20,21). The van der Waals surface area contributed by atoms with Gasteiger partial charge in [-0.25, -0.2) is 0 Å². The van der Waals surface area contributed by atoms with E-state index in [4.69, 9.17) is 11.6 Å². The van der Waals surface area contributed by atoms with Crippen LogP contribution < -0.4 is 5.32 Å². The van der Waals surface area contributed by atoms with E-state index in [9.17, 15) is 4.79 Å². The highest BCUT2D eigenvalue weighted by Crippen LogP contribution is 2.24. The van der Waals surface area contributed by atoms with Gasteiger partial charge in [0.15, 0.2) is 0 Å². The summed E-state index contributed by atoms with van der Waals surface area (Å²) in [5.74, 6) is -0.112. The van der Waals surface area contributed by atoms with Crippen LogP contribution in [0.5, 0.6) is 0 Å². The smallest absolute Gasteiger partial charge is 0.255 e. The number of allylic oxidation sites excluding steroid dienone is 4. The van der Waals surface area contributed by atoms with Gasteiger partial charge in [-0.2, -0.15) is 0 Å². The third-order valence-electron chi connectivity index (χ3n) is 3.32. The normalized spacial score (nSPS) is 14.8. The van der Waals surface area contributed by atoms with E-state index in [0.29, 0.717) is 10.6 Å². The van der Waals surface area contributed by atoms with Crippen LogP contribution in [-0.2, 0) is 4.79 Å². The van der Waals surface area contributed by atoms with Crippen molar-refractivity contribution in [3.8, 4) is 0 Å². The maximum absolute atomic E-state index is 12.5. The van der Waals surface area contributed by atoms with Crippen molar-refractivity contribution in [3.05, 3.63) is 62.6 Å². The van der Waals surface area contributed by atoms with Crippen molar-refractivity contribution in [1.29, 1.82) is 0 Å². The Kier molecular flexibility index (Phi) is 5.43. The fourth-order valence-electron chi connectivity index (χ4n) is 2.10. The lowest BCUT2D eigenvalue weighted by Crippen LogP contribution is -2.14. The van der Waals surface area contributed by atoms with E-state index < -0.39 is 0 Å². The quantitative estimate of drug-likeness (QED) is 0.748. The van der Waals surface area contributed by atoms with Crippen LogP contribution >= 0.6 is 27.5 Å². The summed E-state index contributed by atoms with van der Waals surface area (Å²) >= 11 is 9.42. The Labute approximate surface area is 138 Å². The molecule has 0 saturated heterocycles. The molecule has 4 heteroatoms. The Hall–Kier alpha value is -1.32. The Morgan fingerprint density at radius 1 is 1.38 bits per heavy atom. The predicted molar refractivity (Wildman–Crippen MR) is 92.9 cm³/mol. The van der Waals surface area contributed by atoms with Gasteiger partial charge in [0.2, 0.25) is 0 Å². The van der Waals surface area contributed by atoms with Crippen molar-refractivity contribution in [3.63, 3.8) is 0 Å². The van der Waals surface area contributed by atoms with Gasteiger partial charge >= 0.3 is 0 Å². The molecule has 1 aliphatic carbocycles. The van der Waals surface area contributed by atoms with Gasteiger partial charge in [0, 0.05) is 16.3 Å². The van der Waals surface area contributed by atoms with Crippen LogP contribution in [0.3, 0.4) is 0 Å². The zero-order valence-corrected chi connectivity index (χ0v) is 14.4. The molecule has 1 amide bonds. The molecule has 2 nitrogen and oxygen atoms in total. The second kappa shape index (κ2) is 7.10. The molecule has 2 rings (SSSR count). The van der Waals surface area contributed by atoms with E-state index >= 15 is 0 Å². The summed E-state index contributed by atoms with van der Waals surface area (Å²) in [6.45, 7) is 4.01. The predicted octanol–water partition coefficient (Wildman–Crippen LogP) is 5.53. The van der Waals surface area contributed by atoms with Crippen molar-refractivity contribution in [1.82, 2.24) is 0 Å². The number of carbonyl (C=O) groups is 1. The average Bonchev–Trinajstić information content (AvgIpc) is 2.63. The van der Waals surface area contributed by atoms with Crippen LogP contribution in [0.25, 0.3) is 0 Å². The van der Waals surface area contributed by atoms with Crippen LogP contribution in [0.2, 0.25) is 5.02 Å². The molecule has 1 aromatic carbocycles. The number of aryl methyl sites for hydroxylation is 1. The van der Waals surface area contributed by atoms with Crippen LogP contribution in [0.4, 0.5) is 5.69 Å². The Balaban J connectivity index is 2.24. The lowest BCUT2D eigenvalue weighted by Gasteiger charge is -2.09. The molecule has 0 radical (unpaired) electrons. The van der Waals surface area contributed by atoms with Crippen molar-refractivity contribution >= 4 is 39.1 Å². The van der Waals surface area contributed by atoms with Crippen molar-refractivity contribution < 1.29 is 4.79 Å². The number of hydrogen-bond acceptors (Lipinski definition) is 1. The molecule has 0 aliphatic heterocycles. The maximum atomic E-state index is 12.5. The molecule has 1 aliphatic rings. The first kappa shape index (κ1) is 16.1. The molecule has 0 bridgehead atoms. The van der Waals surface area contributed by atoms with Gasteiger partial charge in [-0.1, -0.05) is 46.1 Å². The van der Waals surface area contributed by atoms with Crippen LogP contribution in [0.15, 0.2) is 52.1 Å². The van der Waals surface area contributed by atoms with E-state index in [-0.39, 0.29) is 5.91 Å². The first-order valence-corrected chi connectivity index (χ1v) is 8.01. The molecule has 0 spiro atoms. The molecule has 1 aromatic rings. The first-order valence-electron chi connectivity index (χ1n) is 6.84. The summed E-state index contributed by atoms with van der Waals surface area (Å²) in [6.07, 6.45) is 7.67. The lowest BCUT2D eigenvalue weighted by atomic mass is 10.1. The van der Waals surface area contributed by atoms with Gasteiger partial charge in [0.05, 0.1) is 0 Å². The second-order valence-corrected chi connectivity index (χ2v) is 6.40. The number of nitrogens with one attached hydrogen (secondary N) is 1. The van der Waals surface area contributed by atoms with E-state index in [2.05, 4.69) is 34.2 Å². The summed E-state index contributed by atoms with van der Waals surface area (Å²) in [7, 11) is 0. The zero-order valence-electron chi connectivity index (χ0n) is 12.0. The number of rotatable bonds is 3.